The number of hydrogen-bond acceptors (Lipinski definition) is 8. The molecule has 0 saturated carbocycles. The second-order valence-electron chi connectivity index (χ2n) is 4.12. The smallest absolute Gasteiger partial charge is 1.00 e. The fourth-order valence-corrected chi connectivity index (χ4v) is 1.27. The zero-order valence-corrected chi connectivity index (χ0v) is 13.7. The molecular formula is C10H13NaO12. The maximum atomic E-state index is 11.4. The molecule has 0 aliphatic rings. The minimum Gasteiger partial charge on any atom is -1.00 e. The van der Waals surface area contributed by atoms with E-state index in [0.29, 0.717) is 0 Å². The summed E-state index contributed by atoms with van der Waals surface area (Å²) in [5, 5.41) is 52.7. The molecule has 0 aromatic rings. The molecule has 12 nitrogen and oxygen atoms in total. The van der Waals surface area contributed by atoms with Crippen LogP contribution in [0, 0.1) is 0 Å². The molecule has 6 N–H and O–H groups in total. The Morgan fingerprint density at radius 3 is 1.74 bits per heavy atom. The summed E-state index contributed by atoms with van der Waals surface area (Å²) in [6.45, 7) is 0. The van der Waals surface area contributed by atoms with Crippen molar-refractivity contribution in [3.8, 4) is 0 Å². The molecule has 0 bridgehead atoms. The topological polar surface area (TPSA) is 216 Å². The normalized spacial score (nSPS) is 15.2. The maximum Gasteiger partial charge on any atom is 1.00 e. The maximum absolute atomic E-state index is 11.4. The van der Waals surface area contributed by atoms with Gasteiger partial charge in [-0.25, -0.2) is 14.4 Å². The van der Waals surface area contributed by atoms with Gasteiger partial charge in [0.25, 0.3) is 0 Å². The van der Waals surface area contributed by atoms with Crippen LogP contribution in [0.4, 0.5) is 0 Å². The summed E-state index contributed by atoms with van der Waals surface area (Å²) in [6.07, 6.45) is -8.06. The van der Waals surface area contributed by atoms with Crippen LogP contribution in [0.15, 0.2) is 0 Å². The van der Waals surface area contributed by atoms with Crippen LogP contribution in [-0.2, 0) is 28.7 Å². The van der Waals surface area contributed by atoms with Gasteiger partial charge in [0, 0.05) is 0 Å². The molecular weight excluding hydrogens is 335 g/mol. The van der Waals surface area contributed by atoms with Gasteiger partial charge in [0.05, 0.1) is 12.8 Å². The number of aliphatic hydroxyl groups excluding tert-OH is 1. The molecule has 3 atom stereocenters. The van der Waals surface area contributed by atoms with Crippen molar-refractivity contribution in [1.29, 1.82) is 0 Å². The first kappa shape index (κ1) is 23.5. The second-order valence-corrected chi connectivity index (χ2v) is 4.12. The van der Waals surface area contributed by atoms with E-state index in [1.165, 1.54) is 0 Å². The van der Waals surface area contributed by atoms with E-state index in [9.17, 15) is 29.1 Å². The van der Waals surface area contributed by atoms with E-state index in [1.807, 2.05) is 0 Å². The fourth-order valence-electron chi connectivity index (χ4n) is 1.27. The van der Waals surface area contributed by atoms with Gasteiger partial charge >= 0.3 is 59.4 Å². The first-order valence-corrected chi connectivity index (χ1v) is 5.41. The molecule has 0 spiro atoms. The van der Waals surface area contributed by atoms with Crippen molar-refractivity contribution in [3.05, 3.63) is 0 Å². The van der Waals surface area contributed by atoms with Crippen LogP contribution in [-0.4, -0.2) is 78.3 Å². The third kappa shape index (κ3) is 7.38. The predicted molar refractivity (Wildman–Crippen MR) is 61.7 cm³/mol. The van der Waals surface area contributed by atoms with Gasteiger partial charge in [-0.05, 0) is 0 Å². The Labute approximate surface area is 151 Å². The van der Waals surface area contributed by atoms with Crippen molar-refractivity contribution in [2.45, 2.75) is 30.7 Å². The summed E-state index contributed by atoms with van der Waals surface area (Å²) < 4.78 is 4.08. The van der Waals surface area contributed by atoms with Gasteiger partial charge in [-0.1, -0.05) is 0 Å². The molecule has 0 aliphatic heterocycles. The quantitative estimate of drug-likeness (QED) is 0.170. The molecule has 0 fully saturated rings. The summed E-state index contributed by atoms with van der Waals surface area (Å²) in [5.41, 5.74) is -3.08. The van der Waals surface area contributed by atoms with Crippen LogP contribution in [0.5, 0.6) is 0 Å². The molecule has 0 aromatic carbocycles. The minimum atomic E-state index is -3.08. The number of carboxylic acid groups (broad SMARTS) is 4. The van der Waals surface area contributed by atoms with Gasteiger partial charge in [0.2, 0.25) is 6.10 Å². The number of rotatable bonds is 9. The van der Waals surface area contributed by atoms with E-state index in [2.05, 4.69) is 4.74 Å². The summed E-state index contributed by atoms with van der Waals surface area (Å²) in [7, 11) is 0. The van der Waals surface area contributed by atoms with Crippen molar-refractivity contribution >= 4 is 29.8 Å². The van der Waals surface area contributed by atoms with Crippen LogP contribution in [0.3, 0.4) is 0 Å². The van der Waals surface area contributed by atoms with Crippen molar-refractivity contribution in [2.24, 2.45) is 0 Å². The van der Waals surface area contributed by atoms with E-state index < -0.39 is 60.5 Å². The number of hydrogen-bond donors (Lipinski definition) is 6. The van der Waals surface area contributed by atoms with E-state index in [4.69, 9.17) is 25.5 Å². The molecule has 0 saturated heterocycles. The Morgan fingerprint density at radius 2 is 1.43 bits per heavy atom. The number of aliphatic carboxylic acids is 4. The van der Waals surface area contributed by atoms with Crippen LogP contribution in [0.25, 0.3) is 0 Å². The average molecular weight is 348 g/mol. The summed E-state index contributed by atoms with van der Waals surface area (Å²) in [4.78, 5) is 53.7. The summed E-state index contributed by atoms with van der Waals surface area (Å²) in [6, 6.07) is 0. The average Bonchev–Trinajstić information content (AvgIpc) is 2.33. The molecule has 0 aliphatic carbocycles. The van der Waals surface area contributed by atoms with Gasteiger partial charge in [-0.3, -0.25) is 9.59 Å². The molecule has 0 radical (unpaired) electrons. The number of carbonyl (C=O) groups excluding carboxylic acids is 1. The zero-order valence-electron chi connectivity index (χ0n) is 12.7. The predicted octanol–water partition coefficient (Wildman–Crippen LogP) is -5.77. The largest absolute Gasteiger partial charge is 1.00 e. The number of carboxylic acids is 4. The van der Waals surface area contributed by atoms with Crippen LogP contribution in [0.1, 0.15) is 14.3 Å². The second kappa shape index (κ2) is 9.42. The summed E-state index contributed by atoms with van der Waals surface area (Å²) >= 11 is 0. The molecule has 23 heavy (non-hydrogen) atoms. The zero-order chi connectivity index (χ0) is 17.7. The van der Waals surface area contributed by atoms with Crippen LogP contribution < -0.4 is 29.6 Å². The molecule has 126 valence electrons. The van der Waals surface area contributed by atoms with E-state index in [1.54, 1.807) is 0 Å². The third-order valence-corrected chi connectivity index (χ3v) is 2.32. The molecule has 0 amide bonds. The number of aliphatic hydroxyl groups is 2. The standard InChI is InChI=1S/C10H12O12.Na.H/c11-3(12)1-10(21,9(19)20)2-4(13)22-6(8(17)18)5(14)7(15)16;;/h5-6,14,21H,1-2H2,(H,11,12)(H,15,16)(H,17,18)(H,19,20);;/q;+1;-1. The Balaban J connectivity index is -0.00000220. The van der Waals surface area contributed by atoms with Crippen molar-refractivity contribution in [3.63, 3.8) is 0 Å². The van der Waals surface area contributed by atoms with Gasteiger partial charge in [-0.2, -0.15) is 0 Å². The SMILES string of the molecule is O=C(O)CC(O)(CC(=O)OC(C(=O)O)C(O)C(=O)O)C(=O)O.[H-].[Na+]. The summed E-state index contributed by atoms with van der Waals surface area (Å²) in [5.74, 6) is -9.64. The van der Waals surface area contributed by atoms with Crippen molar-refractivity contribution in [2.75, 3.05) is 0 Å². The molecule has 0 aromatic heterocycles. The van der Waals surface area contributed by atoms with E-state index in [-0.39, 0.29) is 31.0 Å². The van der Waals surface area contributed by atoms with Gasteiger partial charge in [-0.15, -0.1) is 0 Å². The van der Waals surface area contributed by atoms with Crippen LogP contribution >= 0.6 is 0 Å². The number of esters is 1. The first-order chi connectivity index (χ1) is 9.90. The first-order valence-electron chi connectivity index (χ1n) is 5.41. The Kier molecular flexibility index (Phi) is 9.64. The Hall–Kier alpha value is -1.73. The monoisotopic (exact) mass is 348 g/mol. The number of ether oxygens (including phenoxy) is 1. The Morgan fingerprint density at radius 1 is 0.957 bits per heavy atom. The fraction of sp³-hybridized carbons (Fsp3) is 0.500. The van der Waals surface area contributed by atoms with Crippen molar-refractivity contribution in [1.82, 2.24) is 0 Å². The van der Waals surface area contributed by atoms with Crippen LogP contribution in [0.2, 0.25) is 0 Å². The molecule has 0 rings (SSSR count). The van der Waals surface area contributed by atoms with Gasteiger partial charge in [0.15, 0.2) is 11.7 Å². The van der Waals surface area contributed by atoms with Gasteiger partial charge in [0.1, 0.15) is 0 Å². The number of carbonyl (C=O) groups is 5. The molecule has 13 heteroatoms. The van der Waals surface area contributed by atoms with Gasteiger partial charge < -0.3 is 36.8 Å². The van der Waals surface area contributed by atoms with E-state index in [0.717, 1.165) is 0 Å². The van der Waals surface area contributed by atoms with Crippen molar-refractivity contribution < 1.29 is 90.3 Å². The third-order valence-electron chi connectivity index (χ3n) is 2.32. The molecule has 0 heterocycles. The molecule has 3 unspecified atom stereocenters. The Bertz CT molecular complexity index is 508. The van der Waals surface area contributed by atoms with E-state index >= 15 is 0 Å². The minimum absolute atomic E-state index is 0.